The summed E-state index contributed by atoms with van der Waals surface area (Å²) in [5, 5.41) is 3.02. The van der Waals surface area contributed by atoms with Crippen LogP contribution in [0.5, 0.6) is 5.75 Å². The molecule has 24 heavy (non-hydrogen) atoms. The number of carbonyl (C=O) groups is 1. The molecule has 1 rings (SSSR count). The van der Waals surface area contributed by atoms with Gasteiger partial charge < -0.3 is 19.9 Å². The second-order valence-corrected chi connectivity index (χ2v) is 6.38. The maximum absolute atomic E-state index is 12.3. The van der Waals surface area contributed by atoms with Crippen LogP contribution in [0.25, 0.3) is 0 Å². The molecule has 136 valence electrons. The fraction of sp³-hybridized carbons (Fsp3) is 0.632. The average molecular weight is 335 g/mol. The van der Waals surface area contributed by atoms with Gasteiger partial charge in [-0.25, -0.2) is 4.79 Å². The van der Waals surface area contributed by atoms with Gasteiger partial charge in [0.25, 0.3) is 0 Å². The predicted molar refractivity (Wildman–Crippen MR) is 99.5 cm³/mol. The Morgan fingerprint density at radius 3 is 2.42 bits per heavy atom. The van der Waals surface area contributed by atoms with Crippen LogP contribution in [0.1, 0.15) is 39.2 Å². The van der Waals surface area contributed by atoms with Gasteiger partial charge in [-0.3, -0.25) is 0 Å². The first-order valence-corrected chi connectivity index (χ1v) is 8.83. The molecule has 0 bridgehead atoms. The van der Waals surface area contributed by atoms with Crippen molar-refractivity contribution in [2.45, 2.75) is 46.2 Å². The minimum Gasteiger partial charge on any atom is -0.497 e. The van der Waals surface area contributed by atoms with E-state index in [4.69, 9.17) is 4.74 Å². The van der Waals surface area contributed by atoms with Crippen LogP contribution >= 0.6 is 0 Å². The molecule has 5 nitrogen and oxygen atoms in total. The monoisotopic (exact) mass is 335 g/mol. The van der Waals surface area contributed by atoms with Crippen LogP contribution in [0.15, 0.2) is 24.3 Å². The number of nitrogens with one attached hydrogen (secondary N) is 1. The second-order valence-electron chi connectivity index (χ2n) is 6.38. The van der Waals surface area contributed by atoms with E-state index >= 15 is 0 Å². The quantitative estimate of drug-likeness (QED) is 0.667. The summed E-state index contributed by atoms with van der Waals surface area (Å²) in [4.78, 5) is 16.4. The van der Waals surface area contributed by atoms with Crippen molar-refractivity contribution in [3.63, 3.8) is 0 Å². The van der Waals surface area contributed by atoms with Crippen molar-refractivity contribution in [3.05, 3.63) is 29.8 Å². The third-order valence-electron chi connectivity index (χ3n) is 4.30. The summed E-state index contributed by atoms with van der Waals surface area (Å²) in [6, 6.07) is 8.41. The Balaban J connectivity index is 2.32. The second kappa shape index (κ2) is 10.9. The van der Waals surface area contributed by atoms with Crippen molar-refractivity contribution in [2.24, 2.45) is 0 Å². The third-order valence-corrected chi connectivity index (χ3v) is 4.30. The molecule has 0 atom stereocenters. The fourth-order valence-electron chi connectivity index (χ4n) is 2.33. The highest BCUT2D eigenvalue weighted by atomic mass is 16.5. The molecule has 2 amide bonds. The Morgan fingerprint density at radius 2 is 1.88 bits per heavy atom. The number of unbranched alkanes of at least 4 members (excludes halogenated alkanes) is 1. The minimum atomic E-state index is 0.00512. The lowest BCUT2D eigenvalue weighted by molar-refractivity contribution is 0.197. The molecule has 0 aliphatic heterocycles. The van der Waals surface area contributed by atoms with E-state index in [-0.39, 0.29) is 6.03 Å². The van der Waals surface area contributed by atoms with Crippen LogP contribution in [-0.4, -0.2) is 55.7 Å². The van der Waals surface area contributed by atoms with Gasteiger partial charge in [-0.2, -0.15) is 0 Å². The molecule has 1 aromatic rings. The Kier molecular flexibility index (Phi) is 9.23. The number of ether oxygens (including phenoxy) is 1. The van der Waals surface area contributed by atoms with Crippen LogP contribution in [0.2, 0.25) is 0 Å². The van der Waals surface area contributed by atoms with Gasteiger partial charge in [0.1, 0.15) is 5.75 Å². The molecule has 0 saturated carbocycles. The van der Waals surface area contributed by atoms with Crippen molar-refractivity contribution in [3.8, 4) is 5.75 Å². The number of hydrogen-bond donors (Lipinski definition) is 1. The standard InChI is InChI=1S/C19H33N3O2/c1-6-22(15-17-9-11-18(24-5)12-10-17)19(23)20-13-7-8-14-21(4)16(2)3/h9-12,16H,6-8,13-15H2,1-5H3,(H,20,23). The lowest BCUT2D eigenvalue weighted by Gasteiger charge is -2.22. The number of amides is 2. The first-order chi connectivity index (χ1) is 11.5. The van der Waals surface area contributed by atoms with Crippen molar-refractivity contribution in [2.75, 3.05) is 33.8 Å². The summed E-state index contributed by atoms with van der Waals surface area (Å²) in [7, 11) is 3.79. The summed E-state index contributed by atoms with van der Waals surface area (Å²) in [6.45, 7) is 9.48. The average Bonchev–Trinajstić information content (AvgIpc) is 2.59. The summed E-state index contributed by atoms with van der Waals surface area (Å²) >= 11 is 0. The van der Waals surface area contributed by atoms with Gasteiger partial charge in [-0.05, 0) is 64.9 Å². The van der Waals surface area contributed by atoms with Crippen molar-refractivity contribution >= 4 is 6.03 Å². The molecule has 0 aromatic heterocycles. The number of hydrogen-bond acceptors (Lipinski definition) is 3. The minimum absolute atomic E-state index is 0.00512. The van der Waals surface area contributed by atoms with Crippen LogP contribution in [-0.2, 0) is 6.54 Å². The summed E-state index contributed by atoms with van der Waals surface area (Å²) in [6.07, 6.45) is 2.10. The molecular weight excluding hydrogens is 302 g/mol. The molecule has 0 spiro atoms. The van der Waals surface area contributed by atoms with E-state index in [1.165, 1.54) is 0 Å². The van der Waals surface area contributed by atoms with Gasteiger partial charge >= 0.3 is 6.03 Å². The zero-order chi connectivity index (χ0) is 17.9. The van der Waals surface area contributed by atoms with E-state index in [2.05, 4.69) is 31.1 Å². The Bertz CT molecular complexity index is 474. The lowest BCUT2D eigenvalue weighted by Crippen LogP contribution is -2.40. The van der Waals surface area contributed by atoms with E-state index < -0.39 is 0 Å². The number of benzene rings is 1. The topological polar surface area (TPSA) is 44.8 Å². The molecule has 0 aliphatic rings. The molecule has 0 heterocycles. The number of urea groups is 1. The Hall–Kier alpha value is -1.75. The van der Waals surface area contributed by atoms with Crippen molar-refractivity contribution in [1.82, 2.24) is 15.1 Å². The Labute approximate surface area is 147 Å². The lowest BCUT2D eigenvalue weighted by atomic mass is 10.2. The number of methoxy groups -OCH3 is 1. The molecule has 0 fully saturated rings. The molecule has 0 saturated heterocycles. The largest absolute Gasteiger partial charge is 0.497 e. The van der Waals surface area contributed by atoms with Gasteiger partial charge in [0.15, 0.2) is 0 Å². The predicted octanol–water partition coefficient (Wildman–Crippen LogP) is 3.35. The molecular formula is C19H33N3O2. The van der Waals surface area contributed by atoms with Crippen molar-refractivity contribution < 1.29 is 9.53 Å². The molecule has 5 heteroatoms. The highest BCUT2D eigenvalue weighted by Gasteiger charge is 2.11. The summed E-state index contributed by atoms with van der Waals surface area (Å²) in [5.74, 6) is 0.831. The van der Waals surface area contributed by atoms with Gasteiger partial charge in [-0.1, -0.05) is 12.1 Å². The highest BCUT2D eigenvalue weighted by Crippen LogP contribution is 2.13. The summed E-state index contributed by atoms with van der Waals surface area (Å²) in [5.41, 5.74) is 1.10. The SMILES string of the molecule is CCN(Cc1ccc(OC)cc1)C(=O)NCCCCN(C)C(C)C. The smallest absolute Gasteiger partial charge is 0.317 e. The number of carbonyl (C=O) groups excluding carboxylic acids is 1. The number of nitrogens with zero attached hydrogens (tertiary/aromatic N) is 2. The first kappa shape index (κ1) is 20.3. The van der Waals surface area contributed by atoms with E-state index in [0.717, 1.165) is 37.2 Å². The van der Waals surface area contributed by atoms with Crippen molar-refractivity contribution in [1.29, 1.82) is 0 Å². The van der Waals surface area contributed by atoms with Gasteiger partial charge in [0, 0.05) is 25.7 Å². The summed E-state index contributed by atoms with van der Waals surface area (Å²) < 4.78 is 5.16. The fourth-order valence-corrected chi connectivity index (χ4v) is 2.33. The molecule has 1 N–H and O–H groups in total. The van der Waals surface area contributed by atoms with Crippen LogP contribution in [0, 0.1) is 0 Å². The normalized spacial score (nSPS) is 11.0. The highest BCUT2D eigenvalue weighted by molar-refractivity contribution is 5.74. The molecule has 0 aliphatic carbocycles. The van der Waals surface area contributed by atoms with Gasteiger partial charge in [0.2, 0.25) is 0 Å². The van der Waals surface area contributed by atoms with E-state index in [0.29, 0.717) is 19.1 Å². The first-order valence-electron chi connectivity index (χ1n) is 8.83. The zero-order valence-electron chi connectivity index (χ0n) is 15.8. The van der Waals surface area contributed by atoms with Gasteiger partial charge in [-0.15, -0.1) is 0 Å². The molecule has 1 aromatic carbocycles. The van der Waals surface area contributed by atoms with E-state index in [1.807, 2.05) is 36.1 Å². The third kappa shape index (κ3) is 7.21. The van der Waals surface area contributed by atoms with Gasteiger partial charge in [0.05, 0.1) is 7.11 Å². The van der Waals surface area contributed by atoms with Crippen LogP contribution in [0.4, 0.5) is 4.79 Å². The molecule has 0 radical (unpaired) electrons. The zero-order valence-corrected chi connectivity index (χ0v) is 15.8. The molecule has 0 unspecified atom stereocenters. The number of rotatable bonds is 10. The maximum atomic E-state index is 12.3. The van der Waals surface area contributed by atoms with E-state index in [9.17, 15) is 4.79 Å². The maximum Gasteiger partial charge on any atom is 0.317 e. The van der Waals surface area contributed by atoms with Crippen LogP contribution in [0.3, 0.4) is 0 Å². The van der Waals surface area contributed by atoms with Crippen LogP contribution < -0.4 is 10.1 Å². The van der Waals surface area contributed by atoms with E-state index in [1.54, 1.807) is 7.11 Å². The Morgan fingerprint density at radius 1 is 1.21 bits per heavy atom.